The number of hydrogen-bond acceptors (Lipinski definition) is 1. The number of halogens is 2. The van der Waals surface area contributed by atoms with Crippen LogP contribution in [0.25, 0.3) is 12.2 Å². The maximum absolute atomic E-state index is 11.1. The van der Waals surface area contributed by atoms with Crippen LogP contribution in [-0.4, -0.2) is 11.1 Å². The van der Waals surface area contributed by atoms with E-state index in [0.717, 1.165) is 5.56 Å². The molecule has 0 aliphatic rings. The molecule has 0 spiro atoms. The largest absolute Gasteiger partial charge is 0.478 e. The van der Waals surface area contributed by atoms with E-state index in [1.54, 1.807) is 48.6 Å². The first-order valence-corrected chi connectivity index (χ1v) is 6.29. The lowest BCUT2D eigenvalue weighted by molar-refractivity contribution is 0.0696. The Morgan fingerprint density at radius 2 is 1.58 bits per heavy atom. The van der Waals surface area contributed by atoms with Crippen molar-refractivity contribution in [1.82, 2.24) is 0 Å². The number of carboxylic acids is 1. The number of benzene rings is 2. The van der Waals surface area contributed by atoms with Crippen LogP contribution < -0.4 is 0 Å². The SMILES string of the molecule is O=C(O)c1ccccc1C=Cc1cccc(Cl)c1Cl. The van der Waals surface area contributed by atoms with Gasteiger partial charge in [0, 0.05) is 0 Å². The number of aromatic carboxylic acids is 1. The minimum Gasteiger partial charge on any atom is -0.478 e. The summed E-state index contributed by atoms with van der Waals surface area (Å²) >= 11 is 12.0. The van der Waals surface area contributed by atoms with Gasteiger partial charge in [-0.15, -0.1) is 0 Å². The maximum atomic E-state index is 11.1. The lowest BCUT2D eigenvalue weighted by Gasteiger charge is -2.02. The zero-order valence-electron chi connectivity index (χ0n) is 9.81. The number of hydrogen-bond donors (Lipinski definition) is 1. The summed E-state index contributed by atoms with van der Waals surface area (Å²) in [5, 5.41) is 10.0. The van der Waals surface area contributed by atoms with E-state index < -0.39 is 5.97 Å². The van der Waals surface area contributed by atoms with Gasteiger partial charge < -0.3 is 5.11 Å². The molecule has 0 aliphatic heterocycles. The van der Waals surface area contributed by atoms with Crippen LogP contribution in [0.15, 0.2) is 42.5 Å². The topological polar surface area (TPSA) is 37.3 Å². The third-order valence-electron chi connectivity index (χ3n) is 2.62. The summed E-state index contributed by atoms with van der Waals surface area (Å²) in [5.41, 5.74) is 1.61. The van der Waals surface area contributed by atoms with Crippen LogP contribution in [0.5, 0.6) is 0 Å². The molecule has 2 aromatic rings. The molecule has 0 aromatic heterocycles. The molecule has 0 unspecified atom stereocenters. The summed E-state index contributed by atoms with van der Waals surface area (Å²) in [4.78, 5) is 11.1. The molecule has 19 heavy (non-hydrogen) atoms. The van der Waals surface area contributed by atoms with Crippen LogP contribution in [0, 0.1) is 0 Å². The fourth-order valence-electron chi connectivity index (χ4n) is 1.67. The summed E-state index contributed by atoms with van der Waals surface area (Å²) in [6.45, 7) is 0. The smallest absolute Gasteiger partial charge is 0.336 e. The molecule has 2 aromatic carbocycles. The fourth-order valence-corrected chi connectivity index (χ4v) is 2.04. The van der Waals surface area contributed by atoms with Gasteiger partial charge in [-0.05, 0) is 23.3 Å². The molecule has 96 valence electrons. The third kappa shape index (κ3) is 3.16. The van der Waals surface area contributed by atoms with E-state index >= 15 is 0 Å². The first kappa shape index (κ1) is 13.7. The summed E-state index contributed by atoms with van der Waals surface area (Å²) < 4.78 is 0. The highest BCUT2D eigenvalue weighted by molar-refractivity contribution is 6.42. The maximum Gasteiger partial charge on any atom is 0.336 e. The van der Waals surface area contributed by atoms with Gasteiger partial charge in [0.05, 0.1) is 15.6 Å². The molecule has 0 bridgehead atoms. The standard InChI is InChI=1S/C15H10Cl2O2/c16-13-7-3-5-11(14(13)17)9-8-10-4-1-2-6-12(10)15(18)19/h1-9H,(H,18,19). The van der Waals surface area contributed by atoms with Crippen molar-refractivity contribution in [1.29, 1.82) is 0 Å². The second-order valence-electron chi connectivity index (χ2n) is 3.87. The van der Waals surface area contributed by atoms with Gasteiger partial charge in [-0.3, -0.25) is 0 Å². The fraction of sp³-hybridized carbons (Fsp3) is 0. The highest BCUT2D eigenvalue weighted by atomic mass is 35.5. The van der Waals surface area contributed by atoms with E-state index in [0.29, 0.717) is 15.6 Å². The van der Waals surface area contributed by atoms with Crippen LogP contribution in [-0.2, 0) is 0 Å². The van der Waals surface area contributed by atoms with Gasteiger partial charge in [0.1, 0.15) is 0 Å². The molecule has 0 atom stereocenters. The van der Waals surface area contributed by atoms with Crippen molar-refractivity contribution in [2.45, 2.75) is 0 Å². The van der Waals surface area contributed by atoms with Crippen LogP contribution >= 0.6 is 23.2 Å². The monoisotopic (exact) mass is 292 g/mol. The van der Waals surface area contributed by atoms with Gasteiger partial charge in [-0.1, -0.05) is 65.7 Å². The van der Waals surface area contributed by atoms with Gasteiger partial charge >= 0.3 is 5.97 Å². The Morgan fingerprint density at radius 3 is 2.32 bits per heavy atom. The van der Waals surface area contributed by atoms with Crippen molar-refractivity contribution in [2.75, 3.05) is 0 Å². The minimum atomic E-state index is -0.961. The van der Waals surface area contributed by atoms with Crippen molar-refractivity contribution in [3.63, 3.8) is 0 Å². The second-order valence-corrected chi connectivity index (χ2v) is 4.65. The Labute approximate surface area is 120 Å². The third-order valence-corrected chi connectivity index (χ3v) is 3.45. The van der Waals surface area contributed by atoms with Crippen LogP contribution in [0.3, 0.4) is 0 Å². The predicted molar refractivity (Wildman–Crippen MR) is 78.8 cm³/mol. The Morgan fingerprint density at radius 1 is 0.947 bits per heavy atom. The first-order valence-electron chi connectivity index (χ1n) is 5.54. The molecule has 0 aliphatic carbocycles. The lowest BCUT2D eigenvalue weighted by atomic mass is 10.1. The van der Waals surface area contributed by atoms with Crippen LogP contribution in [0.2, 0.25) is 10.0 Å². The molecule has 1 N–H and O–H groups in total. The van der Waals surface area contributed by atoms with Gasteiger partial charge in [0.25, 0.3) is 0 Å². The molecule has 0 amide bonds. The van der Waals surface area contributed by atoms with Crippen LogP contribution in [0.4, 0.5) is 0 Å². The average molecular weight is 293 g/mol. The highest BCUT2D eigenvalue weighted by Gasteiger charge is 2.06. The predicted octanol–water partition coefficient (Wildman–Crippen LogP) is 4.86. The zero-order valence-corrected chi connectivity index (χ0v) is 11.3. The van der Waals surface area contributed by atoms with Crippen LogP contribution in [0.1, 0.15) is 21.5 Å². The van der Waals surface area contributed by atoms with Crippen molar-refractivity contribution in [2.24, 2.45) is 0 Å². The molecular weight excluding hydrogens is 283 g/mol. The molecular formula is C15H10Cl2O2. The second kappa shape index (κ2) is 5.91. The van der Waals surface area contributed by atoms with Crippen molar-refractivity contribution >= 4 is 41.3 Å². The summed E-state index contributed by atoms with van der Waals surface area (Å²) in [7, 11) is 0. The Balaban J connectivity index is 2.38. The normalized spacial score (nSPS) is 10.8. The number of carbonyl (C=O) groups is 1. The summed E-state index contributed by atoms with van der Waals surface area (Å²) in [6, 6.07) is 12.1. The molecule has 0 saturated heterocycles. The van der Waals surface area contributed by atoms with E-state index in [1.807, 2.05) is 6.07 Å². The van der Waals surface area contributed by atoms with E-state index in [1.165, 1.54) is 0 Å². The summed E-state index contributed by atoms with van der Waals surface area (Å²) in [6.07, 6.45) is 3.46. The van der Waals surface area contributed by atoms with Gasteiger partial charge in [-0.2, -0.15) is 0 Å². The van der Waals surface area contributed by atoms with Gasteiger partial charge in [0.2, 0.25) is 0 Å². The quantitative estimate of drug-likeness (QED) is 0.820. The average Bonchev–Trinajstić information content (AvgIpc) is 2.40. The van der Waals surface area contributed by atoms with Crippen molar-refractivity contribution in [3.05, 3.63) is 69.2 Å². The Kier molecular flexibility index (Phi) is 4.25. The molecule has 2 nitrogen and oxygen atoms in total. The molecule has 0 saturated carbocycles. The number of carboxylic acid groups (broad SMARTS) is 1. The van der Waals surface area contributed by atoms with Gasteiger partial charge in [-0.25, -0.2) is 4.79 Å². The highest BCUT2D eigenvalue weighted by Crippen LogP contribution is 2.27. The van der Waals surface area contributed by atoms with Crippen molar-refractivity contribution < 1.29 is 9.90 Å². The Hall–Kier alpha value is -1.77. The Bertz CT molecular complexity index is 648. The molecule has 0 fully saturated rings. The van der Waals surface area contributed by atoms with E-state index in [9.17, 15) is 4.79 Å². The molecule has 2 rings (SSSR count). The van der Waals surface area contributed by atoms with E-state index in [-0.39, 0.29) is 5.56 Å². The van der Waals surface area contributed by atoms with E-state index in [4.69, 9.17) is 28.3 Å². The lowest BCUT2D eigenvalue weighted by Crippen LogP contribution is -1.98. The minimum absolute atomic E-state index is 0.247. The summed E-state index contributed by atoms with van der Waals surface area (Å²) in [5.74, 6) is -0.961. The number of rotatable bonds is 3. The molecule has 0 radical (unpaired) electrons. The first-order chi connectivity index (χ1) is 9.09. The zero-order chi connectivity index (χ0) is 13.8. The van der Waals surface area contributed by atoms with E-state index in [2.05, 4.69) is 0 Å². The van der Waals surface area contributed by atoms with Gasteiger partial charge in [0.15, 0.2) is 0 Å². The van der Waals surface area contributed by atoms with Crippen molar-refractivity contribution in [3.8, 4) is 0 Å². The molecule has 4 heteroatoms. The molecule has 0 heterocycles.